The van der Waals surface area contributed by atoms with Crippen molar-refractivity contribution in [2.24, 2.45) is 0 Å². The maximum Gasteiger partial charge on any atom is 0.330 e. The molecule has 0 saturated carbocycles. The molecule has 0 amide bonds. The van der Waals surface area contributed by atoms with Crippen molar-refractivity contribution in [1.29, 1.82) is 0 Å². The van der Waals surface area contributed by atoms with Crippen molar-refractivity contribution in [3.05, 3.63) is 61.2 Å². The number of ether oxygens (including phenoxy) is 6. The second-order valence-corrected chi connectivity index (χ2v) is 47.2. The average molecular weight is 1740 g/mol. The third-order valence-electron chi connectivity index (χ3n) is 16.2. The smallest absolute Gasteiger partial charge is 0.330 e. The van der Waals surface area contributed by atoms with Crippen LogP contribution in [0, 0.1) is 7.14 Å². The fourth-order valence-electron chi connectivity index (χ4n) is 10.6. The number of nitrogens with one attached hydrogen (secondary N) is 2. The first-order chi connectivity index (χ1) is 45.0. The summed E-state index contributed by atoms with van der Waals surface area (Å²) in [6.45, 7) is 29.5. The summed E-state index contributed by atoms with van der Waals surface area (Å²) in [7, 11) is 18.2. The molecule has 6 aliphatic heterocycles. The SMILES string of the molecule is CC.[B]C1CC(OP(C)(=S)CC)C(CC)O1.[B]C1CC(OP(C)(=S)CC)C(COP(C)(=O)OC2CC(n3cc(I)c(=O)[nH]c3=O)OC2CO)O1.[B]C1CC(OP(C)(=S)CC)C(COP(C)OC2CC(n3cc(I)c(=O)[nH]c3=O)OC2CC)O1.[B]C1CC(OP(C)CC)C(CC)O1. The molecule has 0 bridgehead atoms. The molecule has 8 rings (SSSR count). The number of aromatic nitrogens is 4. The Morgan fingerprint density at radius 2 is 0.885 bits per heavy atom. The van der Waals surface area contributed by atoms with E-state index in [0.29, 0.717) is 39.4 Å². The Balaban J connectivity index is 0.000000292. The molecular formula is C57H100B4I2N4O20P6S3. The normalized spacial score (nSPS) is 33.3. The standard InChI is InChI=1S/C19H30BIN2O7P2S.C18H28BIN2O9P2S.C9H18BO2PS.C9H18BO2P.C2H6/c1-5-12-13(8-17(28-12)23-9-11(21)18(24)22-19(23)25)29-31(3)26-10-15-14(7-16(20)27-15)30-32(4,33)6-2;1-4-32(2,34)30-11-5-15(19)28-14(11)9-27-33(3,26)31-12-6-16(29-13(12)8-23)22-7-10(20)17(24)21-18(22)25;1-4-7-8(6-9(10)11-7)12-13(3,14)5-2;1-4-7-8(6-9(10)11-7)12-13(3)5-2;1-2/h9,12-17H,5-8,10H2,1-4H3,(H,22,24,25);7,11-16,23H,4-6,8-9H2,1-3H3,(H,21,24,25);7-9H,4-6H2,1-3H3;7-9H,4-6H2,1-3H3;1-2H3. The third kappa shape index (κ3) is 29.0. The van der Waals surface area contributed by atoms with E-state index in [1.54, 1.807) is 22.6 Å². The summed E-state index contributed by atoms with van der Waals surface area (Å²) < 4.78 is 98.3. The van der Waals surface area contributed by atoms with Crippen LogP contribution in [-0.4, -0.2) is 237 Å². The molecule has 0 aliphatic carbocycles. The zero-order valence-corrected chi connectivity index (χ0v) is 70.1. The highest BCUT2D eigenvalue weighted by atomic mass is 127. The Morgan fingerprint density at radius 3 is 1.29 bits per heavy atom. The lowest BCUT2D eigenvalue weighted by Gasteiger charge is -2.26. The largest absolute Gasteiger partial charge is 0.394 e. The van der Waals surface area contributed by atoms with Crippen molar-refractivity contribution in [3.8, 4) is 0 Å². The number of aromatic amines is 2. The average Bonchev–Trinajstić information content (AvgIpc) is 1.66. The van der Waals surface area contributed by atoms with Crippen LogP contribution in [0.1, 0.15) is 133 Å². The van der Waals surface area contributed by atoms with E-state index in [1.165, 1.54) is 28.2 Å². The first kappa shape index (κ1) is 89.9. The fraction of sp³-hybridized carbons (Fsp3) is 0.860. The fourth-order valence-corrected chi connectivity index (χ4v) is 18.3. The molecule has 96 heavy (non-hydrogen) atoms. The highest BCUT2D eigenvalue weighted by molar-refractivity contribution is 14.1. The molecule has 24 atom stereocenters. The molecule has 8 radical (unpaired) electrons. The Hall–Kier alpha value is 1.52. The summed E-state index contributed by atoms with van der Waals surface area (Å²) in [5, 5.41) is 9.72. The summed E-state index contributed by atoms with van der Waals surface area (Å²) >= 11 is 20.2. The van der Waals surface area contributed by atoms with Gasteiger partial charge in [-0.15, -0.1) is 0 Å². The van der Waals surface area contributed by atoms with Gasteiger partial charge in [0.2, 0.25) is 0 Å². The topological polar surface area (TPSA) is 276 Å². The third-order valence-corrected chi connectivity index (χ3v) is 30.3. The second kappa shape index (κ2) is 42.8. The molecule has 3 N–H and O–H groups in total. The number of halogens is 2. The first-order valence-electron chi connectivity index (χ1n) is 32.7. The van der Waals surface area contributed by atoms with Gasteiger partial charge in [-0.3, -0.25) is 33.3 Å². The van der Waals surface area contributed by atoms with E-state index in [-0.39, 0.29) is 88.1 Å². The van der Waals surface area contributed by atoms with Gasteiger partial charge in [-0.05, 0) is 141 Å². The highest BCUT2D eigenvalue weighted by Crippen LogP contribution is 2.52. The number of aliphatic hydroxyl groups excluding tert-OH is 1. The number of H-pyrrole nitrogens is 2. The van der Waals surface area contributed by atoms with Crippen LogP contribution in [-0.2, 0) is 105 Å². The van der Waals surface area contributed by atoms with Crippen LogP contribution < -0.4 is 22.5 Å². The molecule has 0 spiro atoms. The molecule has 8 heterocycles. The Morgan fingerprint density at radius 1 is 0.542 bits per heavy atom. The lowest BCUT2D eigenvalue weighted by Crippen LogP contribution is -2.33. The Bertz CT molecular complexity index is 3170. The maximum absolute atomic E-state index is 13.1. The summed E-state index contributed by atoms with van der Waals surface area (Å²) in [4.78, 5) is 52.3. The molecule has 24 nitrogen and oxygen atoms in total. The highest BCUT2D eigenvalue weighted by Gasteiger charge is 2.44. The van der Waals surface area contributed by atoms with Gasteiger partial charge in [0.15, 0.2) is 8.38 Å². The first-order valence-corrected chi connectivity index (χ1v) is 50.4. The van der Waals surface area contributed by atoms with Gasteiger partial charge < -0.3 is 69.7 Å². The summed E-state index contributed by atoms with van der Waals surface area (Å²) in [6.07, 6.45) is 2.77. The number of aliphatic hydroxyl groups is 1. The quantitative estimate of drug-likeness (QED) is 0.0406. The van der Waals surface area contributed by atoms with Gasteiger partial charge in [-0.2, -0.15) is 0 Å². The zero-order valence-electron chi connectivity index (χ0n) is 57.9. The van der Waals surface area contributed by atoms with E-state index < -0.39 is 107 Å². The van der Waals surface area contributed by atoms with E-state index in [1.807, 2.05) is 83.9 Å². The molecular weight excluding hydrogens is 1640 g/mol. The molecule has 6 aliphatic rings. The van der Waals surface area contributed by atoms with Crippen LogP contribution >= 0.6 is 88.1 Å². The molecule has 2 aromatic heterocycles. The molecule has 0 aromatic carbocycles. The predicted octanol–water partition coefficient (Wildman–Crippen LogP) is 9.50. The Labute approximate surface area is 618 Å². The summed E-state index contributed by atoms with van der Waals surface area (Å²) in [5.41, 5.74) is -2.08. The van der Waals surface area contributed by atoms with Crippen molar-refractivity contribution in [3.63, 3.8) is 0 Å². The molecule has 6 saturated heterocycles. The molecule has 2 aromatic rings. The monoisotopic (exact) mass is 1740 g/mol. The van der Waals surface area contributed by atoms with Crippen LogP contribution in [0.4, 0.5) is 0 Å². The maximum atomic E-state index is 13.1. The van der Waals surface area contributed by atoms with Gasteiger partial charge in [-0.25, -0.2) is 9.59 Å². The van der Waals surface area contributed by atoms with Crippen LogP contribution in [0.5, 0.6) is 0 Å². The molecule has 24 unspecified atom stereocenters. The lowest BCUT2D eigenvalue weighted by atomic mass is 9.96. The van der Waals surface area contributed by atoms with Gasteiger partial charge in [0.05, 0.1) is 101 Å². The lowest BCUT2D eigenvalue weighted by molar-refractivity contribution is -0.0452. The van der Waals surface area contributed by atoms with Gasteiger partial charge >= 0.3 is 19.0 Å². The zero-order chi connectivity index (χ0) is 72.2. The van der Waals surface area contributed by atoms with Crippen molar-refractivity contribution in [2.45, 2.75) is 230 Å². The minimum absolute atomic E-state index is 0.0798. The van der Waals surface area contributed by atoms with Crippen LogP contribution in [0.2, 0.25) is 0 Å². The number of nitrogens with zero attached hydrogens (tertiary/aromatic N) is 2. The van der Waals surface area contributed by atoms with Gasteiger partial charge in [0.1, 0.15) is 62.2 Å². The van der Waals surface area contributed by atoms with Crippen LogP contribution in [0.3, 0.4) is 0 Å². The van der Waals surface area contributed by atoms with Crippen molar-refractivity contribution < 1.29 is 74.3 Å². The van der Waals surface area contributed by atoms with E-state index in [2.05, 4.69) is 44.3 Å². The van der Waals surface area contributed by atoms with Crippen molar-refractivity contribution >= 4 is 155 Å². The van der Waals surface area contributed by atoms with Gasteiger partial charge in [0, 0.05) is 70.7 Å². The summed E-state index contributed by atoms with van der Waals surface area (Å²) in [6, 6.07) is -1.22. The van der Waals surface area contributed by atoms with Crippen molar-refractivity contribution in [1.82, 2.24) is 19.1 Å². The molecule has 6 fully saturated rings. The number of rotatable bonds is 28. The Kier molecular flexibility index (Phi) is 40.0. The van der Waals surface area contributed by atoms with E-state index in [9.17, 15) is 28.8 Å². The van der Waals surface area contributed by atoms with Crippen LogP contribution in [0.25, 0.3) is 0 Å². The minimum atomic E-state index is -3.63. The minimum Gasteiger partial charge on any atom is -0.394 e. The van der Waals surface area contributed by atoms with Gasteiger partial charge in [0.25, 0.3) is 11.1 Å². The molecule has 542 valence electrons. The summed E-state index contributed by atoms with van der Waals surface area (Å²) in [5.74, 6) is 0. The van der Waals surface area contributed by atoms with E-state index in [0.717, 1.165) is 50.3 Å². The number of hydrogen-bond donors (Lipinski definition) is 3. The van der Waals surface area contributed by atoms with Crippen LogP contribution in [0.15, 0.2) is 31.6 Å². The van der Waals surface area contributed by atoms with E-state index >= 15 is 0 Å². The van der Waals surface area contributed by atoms with Crippen molar-refractivity contribution in [2.75, 3.05) is 84.5 Å². The predicted molar refractivity (Wildman–Crippen MR) is 414 cm³/mol. The van der Waals surface area contributed by atoms with Gasteiger partial charge in [-0.1, -0.05) is 97.7 Å². The molecule has 39 heteroatoms. The second-order valence-electron chi connectivity index (χ2n) is 23.8. The number of hydrogen-bond acceptors (Lipinski definition) is 23. The van der Waals surface area contributed by atoms with E-state index in [4.69, 9.17) is 131 Å².